The molecule has 1 aliphatic rings. The van der Waals surface area contributed by atoms with Gasteiger partial charge >= 0.3 is 0 Å². The number of anilines is 1. The Kier molecular flexibility index (Phi) is 6.94. The van der Waals surface area contributed by atoms with Crippen LogP contribution >= 0.6 is 11.6 Å². The molecule has 2 heterocycles. The lowest BCUT2D eigenvalue weighted by molar-refractivity contribution is -0.118. The monoisotopic (exact) mass is 485 g/mol. The van der Waals surface area contributed by atoms with Gasteiger partial charge in [0.2, 0.25) is 5.91 Å². The van der Waals surface area contributed by atoms with E-state index in [0.717, 1.165) is 48.9 Å². The molecule has 1 aromatic heterocycles. The number of likely N-dealkylation sites (tertiary alicyclic amines) is 1. The topological polar surface area (TPSA) is 37.3 Å². The molecule has 1 amide bonds. The highest BCUT2D eigenvalue weighted by Crippen LogP contribution is 2.32. The number of rotatable bonds is 6. The Balaban J connectivity index is 1.26. The van der Waals surface area contributed by atoms with Crippen LogP contribution in [-0.4, -0.2) is 28.5 Å². The first kappa shape index (κ1) is 23.7. The molecule has 0 atom stereocenters. The van der Waals surface area contributed by atoms with Crippen molar-refractivity contribution in [2.75, 3.05) is 18.4 Å². The standard InChI is InChI=1S/C30H32ClN3O/c1-21(2)30(35)32-26-9-3-6-23(18-26)22-12-15-33(16-13-22)20-24-7-4-11-29-28(24)14-17-34(29)27-10-5-8-25(31)19-27/h3-11,14,17-19,21-22H,12-13,15-16,20H2,1-2H3,(H,32,35). The van der Waals surface area contributed by atoms with Crippen LogP contribution in [0.2, 0.25) is 5.02 Å². The van der Waals surface area contributed by atoms with Crippen LogP contribution in [0.1, 0.15) is 43.7 Å². The SMILES string of the molecule is CC(C)C(=O)Nc1cccc(C2CCN(Cc3cccc4c3ccn4-c3cccc(Cl)c3)CC2)c1. The molecule has 180 valence electrons. The average Bonchev–Trinajstić information content (AvgIpc) is 3.30. The number of aromatic nitrogens is 1. The molecule has 1 aliphatic heterocycles. The van der Waals surface area contributed by atoms with Crippen molar-refractivity contribution >= 4 is 34.1 Å². The van der Waals surface area contributed by atoms with Gasteiger partial charge in [-0.3, -0.25) is 9.69 Å². The number of carbonyl (C=O) groups is 1. The van der Waals surface area contributed by atoms with Crippen molar-refractivity contribution in [2.45, 2.75) is 39.2 Å². The van der Waals surface area contributed by atoms with E-state index in [-0.39, 0.29) is 11.8 Å². The molecule has 1 N–H and O–H groups in total. The summed E-state index contributed by atoms with van der Waals surface area (Å²) >= 11 is 6.23. The van der Waals surface area contributed by atoms with E-state index in [1.165, 1.54) is 22.0 Å². The maximum absolute atomic E-state index is 12.1. The van der Waals surface area contributed by atoms with E-state index in [0.29, 0.717) is 5.92 Å². The Hall–Kier alpha value is -3.08. The fourth-order valence-corrected chi connectivity index (χ4v) is 5.23. The van der Waals surface area contributed by atoms with Crippen molar-refractivity contribution in [3.8, 4) is 5.69 Å². The summed E-state index contributed by atoms with van der Waals surface area (Å²) in [7, 11) is 0. The Morgan fingerprint density at radius 1 is 1.00 bits per heavy atom. The molecule has 5 heteroatoms. The van der Waals surface area contributed by atoms with Crippen molar-refractivity contribution in [2.24, 2.45) is 5.92 Å². The smallest absolute Gasteiger partial charge is 0.226 e. The van der Waals surface area contributed by atoms with Gasteiger partial charge in [-0.25, -0.2) is 0 Å². The molecule has 0 aliphatic carbocycles. The highest BCUT2D eigenvalue weighted by atomic mass is 35.5. The van der Waals surface area contributed by atoms with E-state index in [9.17, 15) is 4.79 Å². The summed E-state index contributed by atoms with van der Waals surface area (Å²) in [6, 6.07) is 25.2. The first-order valence-corrected chi connectivity index (χ1v) is 12.8. The molecule has 0 bridgehead atoms. The third kappa shape index (κ3) is 5.29. The van der Waals surface area contributed by atoms with Gasteiger partial charge in [-0.2, -0.15) is 0 Å². The Bertz CT molecular complexity index is 1330. The summed E-state index contributed by atoms with van der Waals surface area (Å²) in [6.45, 7) is 6.93. The molecule has 5 rings (SSSR count). The average molecular weight is 486 g/mol. The summed E-state index contributed by atoms with van der Waals surface area (Å²) in [4.78, 5) is 14.6. The lowest BCUT2D eigenvalue weighted by Crippen LogP contribution is -2.32. The second-order valence-electron chi connectivity index (χ2n) is 9.84. The minimum Gasteiger partial charge on any atom is -0.326 e. The van der Waals surface area contributed by atoms with Crippen LogP contribution in [0.3, 0.4) is 0 Å². The van der Waals surface area contributed by atoms with Crippen LogP contribution in [-0.2, 0) is 11.3 Å². The van der Waals surface area contributed by atoms with Crippen molar-refractivity contribution < 1.29 is 4.79 Å². The molecule has 0 radical (unpaired) electrons. The Morgan fingerprint density at radius 2 is 1.77 bits per heavy atom. The molecule has 4 aromatic rings. The fourth-order valence-electron chi connectivity index (χ4n) is 5.04. The third-order valence-corrected chi connectivity index (χ3v) is 7.28. The summed E-state index contributed by atoms with van der Waals surface area (Å²) in [5.74, 6) is 0.575. The largest absolute Gasteiger partial charge is 0.326 e. The van der Waals surface area contributed by atoms with E-state index in [4.69, 9.17) is 11.6 Å². The van der Waals surface area contributed by atoms with Gasteiger partial charge in [0.25, 0.3) is 0 Å². The minimum atomic E-state index is -0.0197. The quantitative estimate of drug-likeness (QED) is 0.312. The second-order valence-corrected chi connectivity index (χ2v) is 10.3. The third-order valence-electron chi connectivity index (χ3n) is 7.04. The van der Waals surface area contributed by atoms with Crippen molar-refractivity contribution in [3.63, 3.8) is 0 Å². The van der Waals surface area contributed by atoms with Gasteiger partial charge in [0.1, 0.15) is 0 Å². The lowest BCUT2D eigenvalue weighted by atomic mass is 9.89. The van der Waals surface area contributed by atoms with Crippen LogP contribution < -0.4 is 5.32 Å². The van der Waals surface area contributed by atoms with Gasteiger partial charge in [-0.15, -0.1) is 0 Å². The zero-order valence-electron chi connectivity index (χ0n) is 20.4. The van der Waals surface area contributed by atoms with E-state index >= 15 is 0 Å². The van der Waals surface area contributed by atoms with Gasteiger partial charge in [0, 0.05) is 40.4 Å². The Morgan fingerprint density at radius 3 is 2.54 bits per heavy atom. The highest BCUT2D eigenvalue weighted by Gasteiger charge is 2.22. The number of benzene rings is 3. The molecular weight excluding hydrogens is 454 g/mol. The number of hydrogen-bond donors (Lipinski definition) is 1. The van der Waals surface area contributed by atoms with Crippen LogP contribution in [0.4, 0.5) is 5.69 Å². The molecule has 1 fully saturated rings. The fraction of sp³-hybridized carbons (Fsp3) is 0.300. The summed E-state index contributed by atoms with van der Waals surface area (Å²) < 4.78 is 2.21. The maximum Gasteiger partial charge on any atom is 0.226 e. The van der Waals surface area contributed by atoms with Crippen molar-refractivity contribution in [3.05, 3.63) is 95.1 Å². The van der Waals surface area contributed by atoms with Gasteiger partial charge in [0.15, 0.2) is 0 Å². The number of fused-ring (bicyclic) bond motifs is 1. The van der Waals surface area contributed by atoms with Gasteiger partial charge in [-0.1, -0.05) is 55.8 Å². The summed E-state index contributed by atoms with van der Waals surface area (Å²) in [6.07, 6.45) is 4.39. The molecule has 0 saturated carbocycles. The summed E-state index contributed by atoms with van der Waals surface area (Å²) in [5.41, 5.74) is 5.88. The van der Waals surface area contributed by atoms with E-state index in [1.54, 1.807) is 0 Å². The van der Waals surface area contributed by atoms with E-state index < -0.39 is 0 Å². The van der Waals surface area contributed by atoms with Crippen molar-refractivity contribution in [1.82, 2.24) is 9.47 Å². The van der Waals surface area contributed by atoms with Crippen LogP contribution in [0.25, 0.3) is 16.6 Å². The highest BCUT2D eigenvalue weighted by molar-refractivity contribution is 6.30. The first-order valence-electron chi connectivity index (χ1n) is 12.5. The van der Waals surface area contributed by atoms with Gasteiger partial charge < -0.3 is 9.88 Å². The predicted octanol–water partition coefficient (Wildman–Crippen LogP) is 7.26. The van der Waals surface area contributed by atoms with E-state index in [2.05, 4.69) is 69.5 Å². The second kappa shape index (κ2) is 10.3. The first-order chi connectivity index (χ1) is 17.0. The number of piperidine rings is 1. The molecule has 35 heavy (non-hydrogen) atoms. The van der Waals surface area contributed by atoms with Crippen LogP contribution in [0, 0.1) is 5.92 Å². The molecule has 1 saturated heterocycles. The summed E-state index contributed by atoms with van der Waals surface area (Å²) in [5, 5.41) is 5.08. The number of amides is 1. The lowest BCUT2D eigenvalue weighted by Gasteiger charge is -2.32. The predicted molar refractivity (Wildman–Crippen MR) is 145 cm³/mol. The zero-order valence-corrected chi connectivity index (χ0v) is 21.1. The van der Waals surface area contributed by atoms with E-state index in [1.807, 2.05) is 38.1 Å². The van der Waals surface area contributed by atoms with Crippen molar-refractivity contribution in [1.29, 1.82) is 0 Å². The molecule has 3 aromatic carbocycles. The molecule has 4 nitrogen and oxygen atoms in total. The number of hydrogen-bond acceptors (Lipinski definition) is 2. The minimum absolute atomic E-state index is 0.0197. The van der Waals surface area contributed by atoms with Crippen LogP contribution in [0.15, 0.2) is 79.0 Å². The zero-order chi connectivity index (χ0) is 24.4. The Labute approximate surface area is 212 Å². The van der Waals surface area contributed by atoms with Crippen LogP contribution in [0.5, 0.6) is 0 Å². The van der Waals surface area contributed by atoms with Gasteiger partial charge in [-0.05, 0) is 85.4 Å². The molecule has 0 spiro atoms. The number of carbonyl (C=O) groups excluding carboxylic acids is 1. The number of nitrogens with one attached hydrogen (secondary N) is 1. The molecule has 0 unspecified atom stereocenters. The molecular formula is C30H32ClN3O. The normalized spacial score (nSPS) is 15.1. The maximum atomic E-state index is 12.1. The number of halogens is 1. The number of nitrogens with zero attached hydrogens (tertiary/aromatic N) is 2. The van der Waals surface area contributed by atoms with Gasteiger partial charge in [0.05, 0.1) is 5.52 Å².